The summed E-state index contributed by atoms with van der Waals surface area (Å²) in [6.07, 6.45) is 5.73. The van der Waals surface area contributed by atoms with Crippen LogP contribution in [0.3, 0.4) is 0 Å². The second-order valence-corrected chi connectivity index (χ2v) is 4.51. The largest absolute Gasteiger partial charge is 0.489 e. The molecule has 2 aliphatic rings. The van der Waals surface area contributed by atoms with E-state index >= 15 is 0 Å². The highest BCUT2D eigenvalue weighted by Crippen LogP contribution is 2.25. The summed E-state index contributed by atoms with van der Waals surface area (Å²) in [6, 6.07) is 5.73. The van der Waals surface area contributed by atoms with Gasteiger partial charge in [0.25, 0.3) is 0 Å². The molecule has 88 valence electrons. The normalized spacial score (nSPS) is 22.6. The standard InChI is InChI=1S/C14H15NO2/c16-14-3-1-2-10-8-11(4-5-13(10)14)17-12-6-7-15-9-12/h1-2,4-5,8,12,15H,3,6-7,9H2. The van der Waals surface area contributed by atoms with Crippen molar-refractivity contribution >= 4 is 11.9 Å². The third kappa shape index (κ3) is 2.11. The summed E-state index contributed by atoms with van der Waals surface area (Å²) in [5.74, 6) is 1.05. The molecule has 1 heterocycles. The smallest absolute Gasteiger partial charge is 0.167 e. The van der Waals surface area contributed by atoms with Gasteiger partial charge in [0.2, 0.25) is 0 Å². The molecule has 0 bridgehead atoms. The quantitative estimate of drug-likeness (QED) is 0.843. The molecule has 1 aromatic carbocycles. The Morgan fingerprint density at radius 1 is 1.35 bits per heavy atom. The summed E-state index contributed by atoms with van der Waals surface area (Å²) in [5, 5.41) is 3.27. The van der Waals surface area contributed by atoms with Crippen LogP contribution in [0, 0.1) is 0 Å². The average Bonchev–Trinajstić information content (AvgIpc) is 2.82. The number of ether oxygens (including phenoxy) is 1. The van der Waals surface area contributed by atoms with Crippen LogP contribution >= 0.6 is 0 Å². The first kappa shape index (κ1) is 10.5. The third-order valence-electron chi connectivity index (χ3n) is 3.24. The number of fused-ring (bicyclic) bond motifs is 1. The fraction of sp³-hybridized carbons (Fsp3) is 0.357. The lowest BCUT2D eigenvalue weighted by atomic mass is 9.96. The predicted molar refractivity (Wildman–Crippen MR) is 66.3 cm³/mol. The maximum absolute atomic E-state index is 11.6. The topological polar surface area (TPSA) is 38.3 Å². The molecule has 1 aliphatic heterocycles. The average molecular weight is 229 g/mol. The van der Waals surface area contributed by atoms with Crippen LogP contribution in [0.5, 0.6) is 5.75 Å². The SMILES string of the molecule is O=C1CC=Cc2cc(OC3CCNC3)ccc21. The van der Waals surface area contributed by atoms with Crippen molar-refractivity contribution < 1.29 is 9.53 Å². The Morgan fingerprint density at radius 2 is 2.29 bits per heavy atom. The highest BCUT2D eigenvalue weighted by atomic mass is 16.5. The number of hydrogen-bond donors (Lipinski definition) is 1. The first-order valence-electron chi connectivity index (χ1n) is 6.04. The maximum Gasteiger partial charge on any atom is 0.167 e. The highest BCUT2D eigenvalue weighted by molar-refractivity contribution is 6.02. The van der Waals surface area contributed by atoms with E-state index in [0.29, 0.717) is 6.42 Å². The summed E-state index contributed by atoms with van der Waals surface area (Å²) in [4.78, 5) is 11.6. The van der Waals surface area contributed by atoms with Gasteiger partial charge in [0.1, 0.15) is 11.9 Å². The van der Waals surface area contributed by atoms with E-state index in [-0.39, 0.29) is 11.9 Å². The van der Waals surface area contributed by atoms with E-state index in [0.717, 1.165) is 36.4 Å². The van der Waals surface area contributed by atoms with Crippen molar-refractivity contribution in [1.29, 1.82) is 0 Å². The molecule has 3 nitrogen and oxygen atoms in total. The number of nitrogens with one attached hydrogen (secondary N) is 1. The molecular weight excluding hydrogens is 214 g/mol. The molecule has 1 atom stereocenters. The number of ketones is 1. The van der Waals surface area contributed by atoms with Crippen LogP contribution in [0.25, 0.3) is 6.08 Å². The number of Topliss-reactive ketones (excluding diaryl/α,β-unsaturated/α-hetero) is 1. The lowest BCUT2D eigenvalue weighted by Gasteiger charge is -2.15. The van der Waals surface area contributed by atoms with E-state index in [1.54, 1.807) is 0 Å². The van der Waals surface area contributed by atoms with Crippen molar-refractivity contribution in [1.82, 2.24) is 5.32 Å². The molecule has 1 saturated heterocycles. The number of carbonyl (C=O) groups excluding carboxylic acids is 1. The predicted octanol–water partition coefficient (Wildman–Crippen LogP) is 2.03. The zero-order chi connectivity index (χ0) is 11.7. The van der Waals surface area contributed by atoms with Gasteiger partial charge >= 0.3 is 0 Å². The molecule has 1 unspecified atom stereocenters. The first-order chi connectivity index (χ1) is 8.33. The van der Waals surface area contributed by atoms with Crippen LogP contribution in [0.2, 0.25) is 0 Å². The minimum atomic E-state index is 0.191. The molecular formula is C14H15NO2. The fourth-order valence-corrected chi connectivity index (χ4v) is 2.33. The highest BCUT2D eigenvalue weighted by Gasteiger charge is 2.18. The summed E-state index contributed by atoms with van der Waals surface area (Å²) in [6.45, 7) is 1.93. The molecule has 1 aromatic rings. The number of carbonyl (C=O) groups is 1. The minimum Gasteiger partial charge on any atom is -0.489 e. The Labute approximate surface area is 100 Å². The van der Waals surface area contributed by atoms with Gasteiger partial charge in [-0.05, 0) is 36.7 Å². The lowest BCUT2D eigenvalue weighted by Crippen LogP contribution is -2.19. The van der Waals surface area contributed by atoms with Crippen molar-refractivity contribution in [3.63, 3.8) is 0 Å². The Kier molecular flexibility index (Phi) is 2.69. The molecule has 3 heteroatoms. The van der Waals surface area contributed by atoms with Gasteiger partial charge in [-0.25, -0.2) is 0 Å². The van der Waals surface area contributed by atoms with Crippen LogP contribution in [0.4, 0.5) is 0 Å². The molecule has 17 heavy (non-hydrogen) atoms. The second-order valence-electron chi connectivity index (χ2n) is 4.51. The van der Waals surface area contributed by atoms with Gasteiger partial charge in [-0.15, -0.1) is 0 Å². The monoisotopic (exact) mass is 229 g/mol. The van der Waals surface area contributed by atoms with Gasteiger partial charge in [-0.3, -0.25) is 4.79 Å². The number of rotatable bonds is 2. The Balaban J connectivity index is 1.83. The van der Waals surface area contributed by atoms with Crippen LogP contribution in [-0.2, 0) is 0 Å². The Hall–Kier alpha value is -1.61. The van der Waals surface area contributed by atoms with Gasteiger partial charge < -0.3 is 10.1 Å². The fourth-order valence-electron chi connectivity index (χ4n) is 2.33. The zero-order valence-corrected chi connectivity index (χ0v) is 9.61. The van der Waals surface area contributed by atoms with Crippen LogP contribution < -0.4 is 10.1 Å². The molecule has 0 amide bonds. The lowest BCUT2D eigenvalue weighted by molar-refractivity contribution is 0.0994. The molecule has 1 fully saturated rings. The van der Waals surface area contributed by atoms with Crippen molar-refractivity contribution in [3.8, 4) is 5.75 Å². The minimum absolute atomic E-state index is 0.191. The molecule has 3 rings (SSSR count). The van der Waals surface area contributed by atoms with E-state index in [9.17, 15) is 4.79 Å². The Bertz CT molecular complexity index is 473. The number of benzene rings is 1. The number of hydrogen-bond acceptors (Lipinski definition) is 3. The molecule has 0 radical (unpaired) electrons. The van der Waals surface area contributed by atoms with Gasteiger partial charge in [-0.1, -0.05) is 12.2 Å². The van der Waals surface area contributed by atoms with E-state index < -0.39 is 0 Å². The third-order valence-corrected chi connectivity index (χ3v) is 3.24. The van der Waals surface area contributed by atoms with Crippen molar-refractivity contribution in [3.05, 3.63) is 35.4 Å². The van der Waals surface area contributed by atoms with Gasteiger partial charge in [0.15, 0.2) is 5.78 Å². The summed E-state index contributed by atoms with van der Waals surface area (Å²) >= 11 is 0. The van der Waals surface area contributed by atoms with E-state index in [1.807, 2.05) is 30.4 Å². The first-order valence-corrected chi connectivity index (χ1v) is 6.04. The zero-order valence-electron chi connectivity index (χ0n) is 9.61. The maximum atomic E-state index is 11.6. The van der Waals surface area contributed by atoms with Gasteiger partial charge in [-0.2, -0.15) is 0 Å². The van der Waals surface area contributed by atoms with Crippen LogP contribution in [0.15, 0.2) is 24.3 Å². The Morgan fingerprint density at radius 3 is 3.12 bits per heavy atom. The van der Waals surface area contributed by atoms with Crippen molar-refractivity contribution in [2.45, 2.75) is 18.9 Å². The van der Waals surface area contributed by atoms with E-state index in [2.05, 4.69) is 5.32 Å². The van der Waals surface area contributed by atoms with E-state index in [4.69, 9.17) is 4.74 Å². The van der Waals surface area contributed by atoms with Gasteiger partial charge in [0, 0.05) is 18.5 Å². The molecule has 0 aromatic heterocycles. The summed E-state index contributed by atoms with van der Waals surface area (Å²) in [5.41, 5.74) is 1.79. The van der Waals surface area contributed by atoms with Crippen molar-refractivity contribution in [2.75, 3.05) is 13.1 Å². The molecule has 1 N–H and O–H groups in total. The summed E-state index contributed by atoms with van der Waals surface area (Å²) < 4.78 is 5.87. The summed E-state index contributed by atoms with van der Waals surface area (Å²) in [7, 11) is 0. The molecule has 1 aliphatic carbocycles. The molecule has 0 saturated carbocycles. The van der Waals surface area contributed by atoms with E-state index in [1.165, 1.54) is 0 Å². The van der Waals surface area contributed by atoms with Crippen molar-refractivity contribution in [2.24, 2.45) is 0 Å². The number of allylic oxidation sites excluding steroid dienone is 1. The molecule has 0 spiro atoms. The van der Waals surface area contributed by atoms with Gasteiger partial charge in [0.05, 0.1) is 0 Å². The van der Waals surface area contributed by atoms with Crippen LogP contribution in [0.1, 0.15) is 28.8 Å². The second kappa shape index (κ2) is 4.34. The van der Waals surface area contributed by atoms with Crippen LogP contribution in [-0.4, -0.2) is 25.0 Å².